The van der Waals surface area contributed by atoms with Crippen molar-refractivity contribution in [2.45, 2.75) is 56.4 Å². The Labute approximate surface area is 173 Å². The number of hydrogen-bond acceptors (Lipinski definition) is 2. The third kappa shape index (κ3) is 3.23. The predicted octanol–water partition coefficient (Wildman–Crippen LogP) is 5.27. The van der Waals surface area contributed by atoms with Gasteiger partial charge in [0.15, 0.2) is 0 Å². The standard InChI is InChI=1S/C24H29NO.BrH/c26-20-10-9-19-16-23-21-8-4-5-12-24(21,22(19)17-20)13-15-25(23)14-11-18-6-2-1-3-7-18;/h1-3,6-7,9-10,17,21,23,26H,4-5,8,11-16H2;1H/t21-,23-,24-;/m1./s1. The summed E-state index contributed by atoms with van der Waals surface area (Å²) in [6, 6.07) is 17.8. The third-order valence-electron chi connectivity index (χ3n) is 7.47. The molecule has 1 N–H and O–H groups in total. The minimum absolute atomic E-state index is 0. The van der Waals surface area contributed by atoms with Crippen LogP contribution in [0.15, 0.2) is 48.5 Å². The van der Waals surface area contributed by atoms with Gasteiger partial charge in [0.25, 0.3) is 0 Å². The summed E-state index contributed by atoms with van der Waals surface area (Å²) in [4.78, 5) is 2.79. The minimum Gasteiger partial charge on any atom is -0.508 e. The largest absolute Gasteiger partial charge is 0.508 e. The Morgan fingerprint density at radius 2 is 1.89 bits per heavy atom. The van der Waals surface area contributed by atoms with Crippen molar-refractivity contribution >= 4 is 17.0 Å². The lowest BCUT2D eigenvalue weighted by Gasteiger charge is -2.59. The van der Waals surface area contributed by atoms with E-state index >= 15 is 0 Å². The summed E-state index contributed by atoms with van der Waals surface area (Å²) in [7, 11) is 0. The Morgan fingerprint density at radius 1 is 1.04 bits per heavy atom. The van der Waals surface area contributed by atoms with Gasteiger partial charge >= 0.3 is 0 Å². The maximum absolute atomic E-state index is 10.1. The number of aromatic hydroxyl groups is 1. The number of benzene rings is 2. The average molecular weight is 428 g/mol. The van der Waals surface area contributed by atoms with E-state index in [-0.39, 0.29) is 17.0 Å². The molecule has 0 aromatic heterocycles. The Hall–Kier alpha value is -1.32. The molecule has 0 radical (unpaired) electrons. The van der Waals surface area contributed by atoms with Crippen molar-refractivity contribution in [2.24, 2.45) is 5.92 Å². The fraction of sp³-hybridized carbons (Fsp3) is 0.500. The number of piperidine rings is 1. The summed E-state index contributed by atoms with van der Waals surface area (Å²) in [5.41, 5.74) is 4.77. The molecule has 2 aromatic carbocycles. The van der Waals surface area contributed by atoms with Crippen LogP contribution in [0.3, 0.4) is 0 Å². The number of rotatable bonds is 3. The van der Waals surface area contributed by atoms with Crippen molar-refractivity contribution in [1.82, 2.24) is 4.90 Å². The van der Waals surface area contributed by atoms with E-state index in [9.17, 15) is 5.11 Å². The molecule has 144 valence electrons. The van der Waals surface area contributed by atoms with E-state index in [2.05, 4.69) is 47.4 Å². The van der Waals surface area contributed by atoms with Crippen LogP contribution < -0.4 is 0 Å². The van der Waals surface area contributed by atoms with E-state index in [1.54, 1.807) is 0 Å². The number of hydrogen-bond donors (Lipinski definition) is 1. The first-order valence-electron chi connectivity index (χ1n) is 10.4. The van der Waals surface area contributed by atoms with Crippen molar-refractivity contribution < 1.29 is 5.11 Å². The van der Waals surface area contributed by atoms with E-state index in [1.165, 1.54) is 61.9 Å². The quantitative estimate of drug-likeness (QED) is 0.720. The maximum atomic E-state index is 10.1. The number of phenolic OH excluding ortho intramolecular Hbond substituents is 1. The first kappa shape index (κ1) is 19.0. The highest BCUT2D eigenvalue weighted by Gasteiger charge is 2.53. The molecule has 5 rings (SSSR count). The second kappa shape index (κ2) is 7.60. The average Bonchev–Trinajstić information content (AvgIpc) is 2.69. The summed E-state index contributed by atoms with van der Waals surface area (Å²) in [6.45, 7) is 2.39. The van der Waals surface area contributed by atoms with Crippen molar-refractivity contribution in [3.05, 3.63) is 65.2 Å². The molecule has 1 saturated heterocycles. The smallest absolute Gasteiger partial charge is 0.115 e. The molecule has 3 aliphatic rings. The van der Waals surface area contributed by atoms with Crippen molar-refractivity contribution in [3.8, 4) is 5.75 Å². The minimum atomic E-state index is 0. The number of likely N-dealkylation sites (tertiary alicyclic amines) is 1. The lowest BCUT2D eigenvalue weighted by molar-refractivity contribution is -0.0106. The van der Waals surface area contributed by atoms with Gasteiger partial charge < -0.3 is 5.11 Å². The van der Waals surface area contributed by atoms with Gasteiger partial charge in [-0.25, -0.2) is 0 Å². The van der Waals surface area contributed by atoms with Gasteiger partial charge in [0.05, 0.1) is 0 Å². The van der Waals surface area contributed by atoms with Gasteiger partial charge in [-0.15, -0.1) is 17.0 Å². The van der Waals surface area contributed by atoms with Gasteiger partial charge in [0, 0.05) is 18.0 Å². The summed E-state index contributed by atoms with van der Waals surface area (Å²) in [5, 5.41) is 10.1. The van der Waals surface area contributed by atoms with Gasteiger partial charge in [0.1, 0.15) is 5.75 Å². The Balaban J connectivity index is 0.00000180. The lowest BCUT2D eigenvalue weighted by atomic mass is 9.52. The zero-order valence-corrected chi connectivity index (χ0v) is 17.7. The summed E-state index contributed by atoms with van der Waals surface area (Å²) in [6.07, 6.45) is 8.99. The van der Waals surface area contributed by atoms with Crippen LogP contribution in [0.4, 0.5) is 0 Å². The molecule has 0 unspecified atom stereocenters. The molecular weight excluding hydrogens is 398 g/mol. The first-order chi connectivity index (χ1) is 12.8. The fourth-order valence-electron chi connectivity index (χ4n) is 6.27. The van der Waals surface area contributed by atoms with Gasteiger partial charge in [-0.3, -0.25) is 4.90 Å². The van der Waals surface area contributed by atoms with E-state index in [0.29, 0.717) is 17.2 Å². The van der Waals surface area contributed by atoms with E-state index in [1.807, 2.05) is 6.07 Å². The van der Waals surface area contributed by atoms with Gasteiger partial charge in [0.2, 0.25) is 0 Å². The molecule has 1 saturated carbocycles. The van der Waals surface area contributed by atoms with Gasteiger partial charge in [-0.1, -0.05) is 49.2 Å². The van der Waals surface area contributed by atoms with Gasteiger partial charge in [-0.05, 0) is 73.4 Å². The molecular formula is C24H30BrNO. The molecule has 2 fully saturated rings. The normalized spacial score (nSPS) is 29.3. The van der Waals surface area contributed by atoms with Crippen LogP contribution in [0.5, 0.6) is 5.75 Å². The molecule has 27 heavy (non-hydrogen) atoms. The lowest BCUT2D eigenvalue weighted by Crippen LogP contribution is -2.61. The molecule has 2 aliphatic carbocycles. The second-order valence-electron chi connectivity index (χ2n) is 8.64. The van der Waals surface area contributed by atoms with E-state index in [0.717, 1.165) is 18.8 Å². The van der Waals surface area contributed by atoms with Crippen LogP contribution in [-0.4, -0.2) is 29.1 Å². The van der Waals surface area contributed by atoms with Crippen LogP contribution in [0.1, 0.15) is 48.8 Å². The maximum Gasteiger partial charge on any atom is 0.115 e. The monoisotopic (exact) mass is 427 g/mol. The van der Waals surface area contributed by atoms with Crippen molar-refractivity contribution in [2.75, 3.05) is 13.1 Å². The molecule has 0 spiro atoms. The summed E-state index contributed by atoms with van der Waals surface area (Å²) < 4.78 is 0. The van der Waals surface area contributed by atoms with Crippen LogP contribution in [0.2, 0.25) is 0 Å². The Bertz CT molecular complexity index is 792. The van der Waals surface area contributed by atoms with Crippen LogP contribution in [0.25, 0.3) is 0 Å². The SMILES string of the molecule is Br.Oc1ccc2c(c1)[C@@]13CCCC[C@@H]1[C@@H](C2)N(CCc1ccccc1)CC3. The third-order valence-corrected chi connectivity index (χ3v) is 7.47. The highest BCUT2D eigenvalue weighted by Crippen LogP contribution is 2.56. The molecule has 3 heteroatoms. The number of nitrogens with zero attached hydrogens (tertiary/aromatic N) is 1. The number of phenols is 1. The number of halogens is 1. The van der Waals surface area contributed by atoms with Crippen LogP contribution in [0, 0.1) is 5.92 Å². The zero-order valence-electron chi connectivity index (χ0n) is 15.9. The summed E-state index contributed by atoms with van der Waals surface area (Å²) in [5.74, 6) is 1.22. The molecule has 1 aliphatic heterocycles. The van der Waals surface area contributed by atoms with Crippen LogP contribution in [-0.2, 0) is 18.3 Å². The van der Waals surface area contributed by atoms with E-state index in [4.69, 9.17) is 0 Å². The highest BCUT2D eigenvalue weighted by atomic mass is 79.9. The second-order valence-corrected chi connectivity index (χ2v) is 8.64. The Morgan fingerprint density at radius 3 is 2.74 bits per heavy atom. The molecule has 3 atom stereocenters. The van der Waals surface area contributed by atoms with Crippen molar-refractivity contribution in [1.29, 1.82) is 0 Å². The van der Waals surface area contributed by atoms with Crippen molar-refractivity contribution in [3.63, 3.8) is 0 Å². The number of fused-ring (bicyclic) bond motifs is 1. The molecule has 2 nitrogen and oxygen atoms in total. The van der Waals surface area contributed by atoms with Gasteiger partial charge in [-0.2, -0.15) is 0 Å². The molecule has 2 bridgehead atoms. The fourth-order valence-corrected chi connectivity index (χ4v) is 6.27. The topological polar surface area (TPSA) is 23.5 Å². The summed E-state index contributed by atoms with van der Waals surface area (Å²) >= 11 is 0. The molecule has 0 amide bonds. The highest BCUT2D eigenvalue weighted by molar-refractivity contribution is 8.93. The van der Waals surface area contributed by atoms with Crippen LogP contribution >= 0.6 is 17.0 Å². The molecule has 1 heterocycles. The zero-order chi connectivity index (χ0) is 17.6. The molecule has 2 aromatic rings. The predicted molar refractivity (Wildman–Crippen MR) is 116 cm³/mol. The first-order valence-corrected chi connectivity index (χ1v) is 10.4. The Kier molecular flexibility index (Phi) is 5.35. The van der Waals surface area contributed by atoms with E-state index < -0.39 is 0 Å².